The van der Waals surface area contributed by atoms with Gasteiger partial charge >= 0.3 is 5.97 Å². The highest BCUT2D eigenvalue weighted by Crippen LogP contribution is 2.34. The summed E-state index contributed by atoms with van der Waals surface area (Å²) in [5.74, 6) is 0.0686. The summed E-state index contributed by atoms with van der Waals surface area (Å²) in [6.07, 6.45) is 0. The SMILES string of the molecule is COc1ccc(-c2cc(C(=O)O)c3c(C(C)C)noc3n2)cc1OC. The van der Waals surface area contributed by atoms with Gasteiger partial charge in [0.05, 0.1) is 36.6 Å². The van der Waals surface area contributed by atoms with Gasteiger partial charge in [-0.15, -0.1) is 0 Å². The van der Waals surface area contributed by atoms with Gasteiger partial charge < -0.3 is 19.1 Å². The minimum atomic E-state index is -1.06. The number of methoxy groups -OCH3 is 2. The Morgan fingerprint density at radius 1 is 1.16 bits per heavy atom. The number of aromatic nitrogens is 2. The van der Waals surface area contributed by atoms with Crippen LogP contribution in [0.5, 0.6) is 11.5 Å². The predicted molar refractivity (Wildman–Crippen MR) is 91.4 cm³/mol. The van der Waals surface area contributed by atoms with Crippen molar-refractivity contribution in [3.63, 3.8) is 0 Å². The van der Waals surface area contributed by atoms with E-state index < -0.39 is 5.97 Å². The zero-order valence-corrected chi connectivity index (χ0v) is 14.4. The van der Waals surface area contributed by atoms with Crippen LogP contribution in [0.2, 0.25) is 0 Å². The molecule has 0 saturated carbocycles. The van der Waals surface area contributed by atoms with Gasteiger partial charge in [-0.2, -0.15) is 0 Å². The van der Waals surface area contributed by atoms with Crippen molar-refractivity contribution in [2.75, 3.05) is 14.2 Å². The monoisotopic (exact) mass is 342 g/mol. The third-order valence-electron chi connectivity index (χ3n) is 3.93. The van der Waals surface area contributed by atoms with Crippen LogP contribution >= 0.6 is 0 Å². The minimum absolute atomic E-state index is 0.0214. The molecule has 0 bridgehead atoms. The number of carbonyl (C=O) groups is 1. The molecule has 3 aromatic rings. The number of rotatable bonds is 5. The molecule has 0 fully saturated rings. The standard InChI is InChI=1S/C18H18N2O5/c1-9(2)16-15-11(18(21)22)8-12(19-17(15)25-20-16)10-5-6-13(23-3)14(7-10)24-4/h5-9H,1-4H3,(H,21,22). The minimum Gasteiger partial charge on any atom is -0.493 e. The number of fused-ring (bicyclic) bond motifs is 1. The van der Waals surface area contributed by atoms with Gasteiger partial charge in [0.15, 0.2) is 11.5 Å². The number of hydrogen-bond donors (Lipinski definition) is 1. The maximum absolute atomic E-state index is 11.8. The molecule has 2 heterocycles. The molecule has 0 spiro atoms. The lowest BCUT2D eigenvalue weighted by Crippen LogP contribution is -2.02. The lowest BCUT2D eigenvalue weighted by molar-refractivity contribution is 0.0699. The number of aromatic carboxylic acids is 1. The summed E-state index contributed by atoms with van der Waals surface area (Å²) in [5.41, 5.74) is 2.04. The first kappa shape index (κ1) is 16.8. The second-order valence-corrected chi connectivity index (χ2v) is 5.83. The Morgan fingerprint density at radius 2 is 1.88 bits per heavy atom. The lowest BCUT2D eigenvalue weighted by Gasteiger charge is -2.10. The summed E-state index contributed by atoms with van der Waals surface area (Å²) in [6, 6.07) is 6.77. The summed E-state index contributed by atoms with van der Waals surface area (Å²) >= 11 is 0. The Hall–Kier alpha value is -3.09. The van der Waals surface area contributed by atoms with Crippen LogP contribution in [0.4, 0.5) is 0 Å². The molecule has 0 amide bonds. The summed E-state index contributed by atoms with van der Waals surface area (Å²) in [7, 11) is 3.08. The molecule has 0 aliphatic heterocycles. The first-order chi connectivity index (χ1) is 12.0. The van der Waals surface area contributed by atoms with Crippen molar-refractivity contribution in [2.24, 2.45) is 0 Å². The molecule has 1 aromatic carbocycles. The molecule has 3 rings (SSSR count). The van der Waals surface area contributed by atoms with Crippen LogP contribution in [0, 0.1) is 0 Å². The Balaban J connectivity index is 2.23. The third kappa shape index (κ3) is 2.88. The van der Waals surface area contributed by atoms with E-state index in [1.54, 1.807) is 25.3 Å². The molecule has 0 saturated heterocycles. The van der Waals surface area contributed by atoms with Gasteiger partial charge in [0.25, 0.3) is 5.71 Å². The quantitative estimate of drug-likeness (QED) is 0.755. The number of nitrogens with zero attached hydrogens (tertiary/aromatic N) is 2. The number of carboxylic acid groups (broad SMARTS) is 1. The first-order valence-corrected chi connectivity index (χ1v) is 7.72. The number of hydrogen-bond acceptors (Lipinski definition) is 6. The highest BCUT2D eigenvalue weighted by atomic mass is 16.5. The van der Waals surface area contributed by atoms with Crippen molar-refractivity contribution < 1.29 is 23.9 Å². The molecule has 0 radical (unpaired) electrons. The first-order valence-electron chi connectivity index (χ1n) is 7.72. The molecule has 25 heavy (non-hydrogen) atoms. The molecule has 7 heteroatoms. The zero-order valence-electron chi connectivity index (χ0n) is 14.4. The van der Waals surface area contributed by atoms with Crippen LogP contribution in [0.1, 0.15) is 35.8 Å². The van der Waals surface area contributed by atoms with E-state index >= 15 is 0 Å². The Morgan fingerprint density at radius 3 is 2.48 bits per heavy atom. The van der Waals surface area contributed by atoms with Crippen LogP contribution in [0.25, 0.3) is 22.4 Å². The number of carboxylic acids is 1. The summed E-state index contributed by atoms with van der Waals surface area (Å²) in [4.78, 5) is 16.2. The topological polar surface area (TPSA) is 94.7 Å². The van der Waals surface area contributed by atoms with Crippen molar-refractivity contribution in [3.05, 3.63) is 35.5 Å². The van der Waals surface area contributed by atoms with Crippen LogP contribution in [0.3, 0.4) is 0 Å². The van der Waals surface area contributed by atoms with E-state index in [-0.39, 0.29) is 17.2 Å². The molecular weight excluding hydrogens is 324 g/mol. The van der Waals surface area contributed by atoms with Gasteiger partial charge in [-0.25, -0.2) is 9.78 Å². The molecule has 7 nitrogen and oxygen atoms in total. The highest BCUT2D eigenvalue weighted by Gasteiger charge is 2.22. The van der Waals surface area contributed by atoms with E-state index in [2.05, 4.69) is 10.1 Å². The van der Waals surface area contributed by atoms with Gasteiger partial charge in [0, 0.05) is 5.56 Å². The summed E-state index contributed by atoms with van der Waals surface area (Å²) in [5, 5.41) is 14.0. The summed E-state index contributed by atoms with van der Waals surface area (Å²) in [6.45, 7) is 3.84. The van der Waals surface area contributed by atoms with Crippen LogP contribution < -0.4 is 9.47 Å². The van der Waals surface area contributed by atoms with Crippen molar-refractivity contribution in [1.82, 2.24) is 10.1 Å². The van der Waals surface area contributed by atoms with Crippen LogP contribution in [0.15, 0.2) is 28.8 Å². The average Bonchev–Trinajstić information content (AvgIpc) is 3.04. The third-order valence-corrected chi connectivity index (χ3v) is 3.93. The second-order valence-electron chi connectivity index (χ2n) is 5.83. The van der Waals surface area contributed by atoms with Gasteiger partial charge in [-0.3, -0.25) is 0 Å². The molecule has 0 atom stereocenters. The fourth-order valence-corrected chi connectivity index (χ4v) is 2.68. The molecule has 2 aromatic heterocycles. The molecule has 0 aliphatic rings. The smallest absolute Gasteiger partial charge is 0.336 e. The van der Waals surface area contributed by atoms with Crippen LogP contribution in [-0.2, 0) is 0 Å². The van der Waals surface area contributed by atoms with Crippen molar-refractivity contribution in [1.29, 1.82) is 0 Å². The maximum atomic E-state index is 11.8. The fourth-order valence-electron chi connectivity index (χ4n) is 2.68. The average molecular weight is 342 g/mol. The van der Waals surface area contributed by atoms with E-state index in [1.807, 2.05) is 13.8 Å². The van der Waals surface area contributed by atoms with E-state index in [1.165, 1.54) is 13.2 Å². The lowest BCUT2D eigenvalue weighted by atomic mass is 10.0. The van der Waals surface area contributed by atoms with Gasteiger partial charge in [0.2, 0.25) is 0 Å². The zero-order chi connectivity index (χ0) is 18.1. The van der Waals surface area contributed by atoms with E-state index in [4.69, 9.17) is 14.0 Å². The van der Waals surface area contributed by atoms with E-state index in [0.29, 0.717) is 33.8 Å². The molecule has 0 aliphatic carbocycles. The Bertz CT molecular complexity index is 946. The predicted octanol–water partition coefficient (Wildman–Crippen LogP) is 3.73. The molecular formula is C18H18N2O5. The van der Waals surface area contributed by atoms with Gasteiger partial charge in [-0.1, -0.05) is 19.0 Å². The normalized spacial score (nSPS) is 11.1. The molecule has 0 unspecified atom stereocenters. The maximum Gasteiger partial charge on any atom is 0.336 e. The highest BCUT2D eigenvalue weighted by molar-refractivity contribution is 6.03. The fraction of sp³-hybridized carbons (Fsp3) is 0.278. The Kier molecular flexibility index (Phi) is 4.31. The van der Waals surface area contributed by atoms with Crippen molar-refractivity contribution in [2.45, 2.75) is 19.8 Å². The summed E-state index contributed by atoms with van der Waals surface area (Å²) < 4.78 is 15.8. The number of benzene rings is 1. The second kappa shape index (κ2) is 6.43. The molecule has 130 valence electrons. The van der Waals surface area contributed by atoms with Crippen molar-refractivity contribution in [3.8, 4) is 22.8 Å². The molecule has 1 N–H and O–H groups in total. The van der Waals surface area contributed by atoms with Gasteiger partial charge in [-0.05, 0) is 30.2 Å². The van der Waals surface area contributed by atoms with Crippen LogP contribution in [-0.4, -0.2) is 35.4 Å². The van der Waals surface area contributed by atoms with E-state index in [9.17, 15) is 9.90 Å². The van der Waals surface area contributed by atoms with Crippen molar-refractivity contribution >= 4 is 17.1 Å². The van der Waals surface area contributed by atoms with Gasteiger partial charge in [0.1, 0.15) is 0 Å². The number of pyridine rings is 1. The number of ether oxygens (including phenoxy) is 2. The Labute approximate surface area is 144 Å². The van der Waals surface area contributed by atoms with E-state index in [0.717, 1.165) is 0 Å². The largest absolute Gasteiger partial charge is 0.493 e.